The molecule has 0 radical (unpaired) electrons. The van der Waals surface area contributed by atoms with Crippen molar-refractivity contribution in [2.24, 2.45) is 4.40 Å². The Labute approximate surface area is 96.6 Å². The fourth-order valence-corrected chi connectivity index (χ4v) is 2.02. The molecular formula is C12H15NO2S. The third kappa shape index (κ3) is 3.62. The van der Waals surface area contributed by atoms with E-state index in [0.717, 1.165) is 12.0 Å². The molecule has 0 aliphatic heterocycles. The monoisotopic (exact) mass is 237 g/mol. The molecule has 0 aromatic heterocycles. The standard InChI is InChI=1S/C12H15NO2S/c1-3-4-5-10-13-16(14,15)12-8-6-11(2)7-9-12/h3,6-10H,1,4-5H2,2H3. The van der Waals surface area contributed by atoms with E-state index in [-0.39, 0.29) is 4.90 Å². The van der Waals surface area contributed by atoms with Crippen LogP contribution in [0.15, 0.2) is 46.2 Å². The summed E-state index contributed by atoms with van der Waals surface area (Å²) in [6.45, 7) is 5.46. The van der Waals surface area contributed by atoms with Crippen molar-refractivity contribution in [3.05, 3.63) is 42.5 Å². The normalized spacial score (nSPS) is 11.8. The first-order chi connectivity index (χ1) is 7.56. The highest BCUT2D eigenvalue weighted by molar-refractivity contribution is 7.90. The molecule has 0 N–H and O–H groups in total. The van der Waals surface area contributed by atoms with Crippen molar-refractivity contribution >= 4 is 16.2 Å². The lowest BCUT2D eigenvalue weighted by molar-refractivity contribution is 0.598. The number of hydrogen-bond acceptors (Lipinski definition) is 2. The fourth-order valence-electron chi connectivity index (χ4n) is 1.11. The Bertz CT molecular complexity index is 472. The fraction of sp³-hybridized carbons (Fsp3) is 0.250. The maximum Gasteiger partial charge on any atom is 0.281 e. The molecule has 0 amide bonds. The van der Waals surface area contributed by atoms with Crippen molar-refractivity contribution in [3.63, 3.8) is 0 Å². The van der Waals surface area contributed by atoms with Crippen LogP contribution in [-0.2, 0) is 10.0 Å². The van der Waals surface area contributed by atoms with Crippen molar-refractivity contribution in [1.29, 1.82) is 0 Å². The Morgan fingerprint density at radius 2 is 1.88 bits per heavy atom. The SMILES string of the molecule is C=CCCC=NS(=O)(=O)c1ccc(C)cc1. The summed E-state index contributed by atoms with van der Waals surface area (Å²) in [5.41, 5.74) is 1.02. The zero-order valence-corrected chi connectivity index (χ0v) is 10.1. The van der Waals surface area contributed by atoms with Gasteiger partial charge in [-0.05, 0) is 31.9 Å². The van der Waals surface area contributed by atoms with E-state index in [1.54, 1.807) is 30.3 Å². The van der Waals surface area contributed by atoms with Gasteiger partial charge in [-0.15, -0.1) is 6.58 Å². The van der Waals surface area contributed by atoms with Crippen LogP contribution in [0, 0.1) is 6.92 Å². The molecular weight excluding hydrogens is 222 g/mol. The first-order valence-electron chi connectivity index (χ1n) is 5.02. The van der Waals surface area contributed by atoms with E-state index >= 15 is 0 Å². The first-order valence-corrected chi connectivity index (χ1v) is 6.46. The minimum atomic E-state index is -3.52. The van der Waals surface area contributed by atoms with Gasteiger partial charge in [-0.3, -0.25) is 0 Å². The van der Waals surface area contributed by atoms with Crippen LogP contribution in [0.4, 0.5) is 0 Å². The number of allylic oxidation sites excluding steroid dienone is 1. The van der Waals surface area contributed by atoms with Crippen LogP contribution in [0.25, 0.3) is 0 Å². The molecule has 0 fully saturated rings. The van der Waals surface area contributed by atoms with Crippen LogP contribution in [0.1, 0.15) is 18.4 Å². The van der Waals surface area contributed by atoms with Crippen molar-refractivity contribution in [3.8, 4) is 0 Å². The summed E-state index contributed by atoms with van der Waals surface area (Å²) >= 11 is 0. The van der Waals surface area contributed by atoms with E-state index in [1.807, 2.05) is 6.92 Å². The predicted octanol–water partition coefficient (Wildman–Crippen LogP) is 2.72. The van der Waals surface area contributed by atoms with E-state index in [1.165, 1.54) is 6.21 Å². The molecule has 1 aromatic rings. The van der Waals surface area contributed by atoms with Gasteiger partial charge in [0, 0.05) is 6.21 Å². The molecule has 86 valence electrons. The van der Waals surface area contributed by atoms with Gasteiger partial charge in [-0.25, -0.2) is 0 Å². The van der Waals surface area contributed by atoms with Crippen molar-refractivity contribution in [2.45, 2.75) is 24.7 Å². The van der Waals surface area contributed by atoms with E-state index in [9.17, 15) is 8.42 Å². The van der Waals surface area contributed by atoms with Gasteiger partial charge in [-0.1, -0.05) is 23.8 Å². The molecule has 1 rings (SSSR count). The van der Waals surface area contributed by atoms with Crippen molar-refractivity contribution in [1.82, 2.24) is 0 Å². The maximum atomic E-state index is 11.7. The summed E-state index contributed by atoms with van der Waals surface area (Å²) in [5.74, 6) is 0. The molecule has 3 nitrogen and oxygen atoms in total. The minimum absolute atomic E-state index is 0.230. The summed E-state index contributed by atoms with van der Waals surface area (Å²) in [7, 11) is -3.52. The Kier molecular flexibility index (Phi) is 4.43. The highest BCUT2D eigenvalue weighted by Gasteiger charge is 2.10. The number of rotatable bonds is 5. The van der Waals surface area contributed by atoms with Crippen LogP contribution in [0.5, 0.6) is 0 Å². The Morgan fingerprint density at radius 3 is 2.44 bits per heavy atom. The average molecular weight is 237 g/mol. The summed E-state index contributed by atoms with van der Waals surface area (Å²) in [4.78, 5) is 0.230. The highest BCUT2D eigenvalue weighted by atomic mass is 32.2. The van der Waals surface area contributed by atoms with E-state index in [4.69, 9.17) is 0 Å². The number of benzene rings is 1. The Morgan fingerprint density at radius 1 is 1.25 bits per heavy atom. The van der Waals surface area contributed by atoms with Crippen molar-refractivity contribution in [2.75, 3.05) is 0 Å². The lowest BCUT2D eigenvalue weighted by atomic mass is 10.2. The van der Waals surface area contributed by atoms with Crippen LogP contribution in [-0.4, -0.2) is 14.6 Å². The summed E-state index contributed by atoms with van der Waals surface area (Å²) in [6, 6.07) is 6.64. The van der Waals surface area contributed by atoms with Crippen LogP contribution >= 0.6 is 0 Å². The van der Waals surface area contributed by atoms with Crippen LogP contribution in [0.3, 0.4) is 0 Å². The molecule has 0 bridgehead atoms. The molecule has 0 heterocycles. The van der Waals surface area contributed by atoms with Gasteiger partial charge in [0.25, 0.3) is 10.0 Å². The average Bonchev–Trinajstić information content (AvgIpc) is 2.25. The van der Waals surface area contributed by atoms with Gasteiger partial charge in [0.15, 0.2) is 0 Å². The van der Waals surface area contributed by atoms with Crippen molar-refractivity contribution < 1.29 is 8.42 Å². The zero-order chi connectivity index (χ0) is 12.0. The highest BCUT2D eigenvalue weighted by Crippen LogP contribution is 2.12. The molecule has 0 unspecified atom stereocenters. The minimum Gasteiger partial charge on any atom is -0.199 e. The second kappa shape index (κ2) is 5.61. The Hall–Kier alpha value is -1.42. The maximum absolute atomic E-state index is 11.7. The molecule has 0 saturated carbocycles. The topological polar surface area (TPSA) is 46.5 Å². The first kappa shape index (κ1) is 12.6. The van der Waals surface area contributed by atoms with Crippen LogP contribution < -0.4 is 0 Å². The van der Waals surface area contributed by atoms with Gasteiger partial charge < -0.3 is 0 Å². The molecule has 0 saturated heterocycles. The van der Waals surface area contributed by atoms with E-state index < -0.39 is 10.0 Å². The van der Waals surface area contributed by atoms with Gasteiger partial charge in [0.05, 0.1) is 4.90 Å². The predicted molar refractivity (Wildman–Crippen MR) is 66.3 cm³/mol. The summed E-state index contributed by atoms with van der Waals surface area (Å²) in [6.07, 6.45) is 4.46. The molecule has 1 aromatic carbocycles. The van der Waals surface area contributed by atoms with E-state index in [0.29, 0.717) is 6.42 Å². The lowest BCUT2D eigenvalue weighted by Crippen LogP contribution is -1.97. The zero-order valence-electron chi connectivity index (χ0n) is 9.26. The lowest BCUT2D eigenvalue weighted by Gasteiger charge is -1.98. The smallest absolute Gasteiger partial charge is 0.199 e. The molecule has 0 aliphatic rings. The third-order valence-electron chi connectivity index (χ3n) is 2.03. The second-order valence-electron chi connectivity index (χ2n) is 3.44. The van der Waals surface area contributed by atoms with E-state index in [2.05, 4.69) is 11.0 Å². The molecule has 0 spiro atoms. The summed E-state index contributed by atoms with van der Waals surface area (Å²) in [5, 5.41) is 0. The second-order valence-corrected chi connectivity index (χ2v) is 5.07. The van der Waals surface area contributed by atoms with Gasteiger partial charge >= 0.3 is 0 Å². The number of aryl methyl sites for hydroxylation is 1. The number of unbranched alkanes of at least 4 members (excludes halogenated alkanes) is 1. The molecule has 16 heavy (non-hydrogen) atoms. The third-order valence-corrected chi connectivity index (χ3v) is 3.33. The van der Waals surface area contributed by atoms with Crippen LogP contribution in [0.2, 0.25) is 0 Å². The van der Waals surface area contributed by atoms with Gasteiger partial charge in [-0.2, -0.15) is 12.8 Å². The molecule has 4 heteroatoms. The molecule has 0 aliphatic carbocycles. The quantitative estimate of drug-likeness (QED) is 0.449. The largest absolute Gasteiger partial charge is 0.281 e. The number of sulfonamides is 1. The van der Waals surface area contributed by atoms with Gasteiger partial charge in [0.2, 0.25) is 0 Å². The summed E-state index contributed by atoms with van der Waals surface area (Å²) < 4.78 is 27.0. The molecule has 0 atom stereocenters. The Balaban J connectivity index is 2.82. The number of hydrogen-bond donors (Lipinski definition) is 0. The number of nitrogens with zero attached hydrogens (tertiary/aromatic N) is 1. The van der Waals surface area contributed by atoms with Gasteiger partial charge in [0.1, 0.15) is 0 Å².